The van der Waals surface area contributed by atoms with Gasteiger partial charge in [0.2, 0.25) is 0 Å². The first kappa shape index (κ1) is 41.5. The van der Waals surface area contributed by atoms with Crippen molar-refractivity contribution < 1.29 is 20.0 Å². The number of unbranched alkanes of at least 4 members (excludes halogenated alkanes) is 1. The Morgan fingerprint density at radius 1 is 0.527 bits per heavy atom. The van der Waals surface area contributed by atoms with Gasteiger partial charge in [-0.25, -0.2) is 0 Å². The third-order valence-corrected chi connectivity index (χ3v) is 44.0. The Morgan fingerprint density at radius 2 is 0.873 bits per heavy atom. The first-order valence-corrected chi connectivity index (χ1v) is 49.4. The van der Waals surface area contributed by atoms with E-state index in [4.69, 9.17) is 0 Å². The van der Waals surface area contributed by atoms with E-state index in [-0.39, 0.29) is 0 Å². The minimum atomic E-state index is -3.18. The van der Waals surface area contributed by atoms with E-state index in [1.165, 1.54) is 41.1 Å². The monoisotopic (exact) mass is 978 g/mol. The van der Waals surface area contributed by atoms with E-state index in [1.807, 2.05) is 10.4 Å². The van der Waals surface area contributed by atoms with Gasteiger partial charge in [-0.2, -0.15) is 0 Å². The van der Waals surface area contributed by atoms with Gasteiger partial charge in [0, 0.05) is 0 Å². The van der Waals surface area contributed by atoms with Crippen LogP contribution in [0.2, 0.25) is 101 Å². The molecule has 290 valence electrons. The molecule has 7 rings (SSSR count). The third kappa shape index (κ3) is 7.23. The van der Waals surface area contributed by atoms with Crippen molar-refractivity contribution in [2.45, 2.75) is 128 Å². The molecule has 6 heteroatoms. The van der Waals surface area contributed by atoms with Crippen LogP contribution in [0.25, 0.3) is 34.4 Å². The van der Waals surface area contributed by atoms with Gasteiger partial charge in [0.1, 0.15) is 0 Å². The minimum absolute atomic E-state index is 0.665. The topological polar surface area (TPSA) is 0 Å². The van der Waals surface area contributed by atoms with E-state index >= 15 is 0 Å². The van der Waals surface area contributed by atoms with Crippen LogP contribution >= 0.6 is 0 Å². The maximum atomic E-state index is 2.85. The predicted octanol–water partition coefficient (Wildman–Crippen LogP) is 13.0. The molecule has 0 saturated carbocycles. The molecule has 55 heavy (non-hydrogen) atoms. The number of hydrogen-bond acceptors (Lipinski definition) is 0. The third-order valence-electron chi connectivity index (χ3n) is 13.9. The zero-order valence-corrected chi connectivity index (χ0v) is 46.0. The van der Waals surface area contributed by atoms with Gasteiger partial charge >= 0.3 is 349 Å². The van der Waals surface area contributed by atoms with Crippen molar-refractivity contribution in [2.24, 2.45) is 0 Å². The quantitative estimate of drug-likeness (QED) is 0.147. The molecule has 2 atom stereocenters. The van der Waals surface area contributed by atoms with E-state index < -0.39 is 60.3 Å². The molecule has 0 aromatic heterocycles. The van der Waals surface area contributed by atoms with Crippen molar-refractivity contribution in [1.82, 2.24) is 0 Å². The second-order valence-electron chi connectivity index (χ2n) is 22.5. The van der Waals surface area contributed by atoms with Gasteiger partial charge < -0.3 is 0 Å². The van der Waals surface area contributed by atoms with E-state index in [0.29, 0.717) is 7.35 Å². The van der Waals surface area contributed by atoms with Gasteiger partial charge in [-0.15, -0.1) is 0 Å². The summed E-state index contributed by atoms with van der Waals surface area (Å²) in [6, 6.07) is 32.0. The summed E-state index contributed by atoms with van der Waals surface area (Å²) in [5.74, 6) is 0. The van der Waals surface area contributed by atoms with Crippen LogP contribution in [-0.4, -0.2) is 40.4 Å². The summed E-state index contributed by atoms with van der Waals surface area (Å²) in [5, 5.41) is 10.3. The first-order chi connectivity index (χ1) is 25.4. The zero-order chi connectivity index (χ0) is 40.3. The van der Waals surface area contributed by atoms with Gasteiger partial charge in [-0.05, 0) is 0 Å². The number of benzene rings is 4. The maximum absolute atomic E-state index is 3.18. The molecular formula is C49H70HfSi5. The van der Waals surface area contributed by atoms with Crippen molar-refractivity contribution >= 4 is 73.3 Å². The van der Waals surface area contributed by atoms with Gasteiger partial charge in [0.15, 0.2) is 0 Å². The molecular weight excluding hydrogens is 907 g/mol. The molecule has 1 heterocycles. The molecule has 4 aromatic rings. The van der Waals surface area contributed by atoms with E-state index in [0.717, 1.165) is 0 Å². The summed E-state index contributed by atoms with van der Waals surface area (Å²) in [6.07, 6.45) is 8.25. The second kappa shape index (κ2) is 14.0. The summed E-state index contributed by atoms with van der Waals surface area (Å²) in [4.78, 5) is 0. The number of allylic oxidation sites excluding steroid dienone is 2. The van der Waals surface area contributed by atoms with Crippen LogP contribution < -0.4 is 20.7 Å². The van der Waals surface area contributed by atoms with Crippen LogP contribution in [0.1, 0.15) is 49.4 Å². The molecule has 1 aliphatic heterocycles. The van der Waals surface area contributed by atoms with E-state index in [2.05, 4.69) is 186 Å². The number of rotatable bonds is 9. The van der Waals surface area contributed by atoms with Crippen molar-refractivity contribution in [3.8, 4) is 22.3 Å². The molecule has 3 aliphatic rings. The molecule has 0 nitrogen and oxygen atoms in total. The Balaban J connectivity index is 1.45. The Bertz CT molecular complexity index is 2030. The van der Waals surface area contributed by atoms with Crippen LogP contribution in [0, 0.1) is 0 Å². The average molecular weight is 978 g/mol. The summed E-state index contributed by atoms with van der Waals surface area (Å²) < 4.78 is 7.04. The molecule has 1 saturated heterocycles. The summed E-state index contributed by atoms with van der Waals surface area (Å²) in [5.41, 5.74) is 12.5. The molecule has 0 radical (unpaired) electrons. The standard InChI is InChI=1S/C47H64Si5.2CH3.Hf/c1-15-16-23-52(14,42-24-34-19-17-21-44(46(34)32-42)36-26-38(48(2,3)4)30-39(27-36)49(5,6)7)43-25-35-20-18-22-45(47(35)33-43)37-28-40(50(8,9)10)31-41(29-37)51(11,12)13;;;/h17-22,24-33H,15-16,23H2,1-14H3;2*1H3;. The molecule has 0 spiro atoms. The van der Waals surface area contributed by atoms with Gasteiger partial charge in [0.25, 0.3) is 0 Å². The Hall–Kier alpha value is -1.69. The van der Waals surface area contributed by atoms with Crippen LogP contribution in [0.4, 0.5) is 0 Å². The molecule has 0 amide bonds. The fraction of sp³-hybridized carbons (Fsp3) is 0.429. The SMILES string of the molecule is CCCC[Si]1(C)C2=Cc3c(-c4cc([Si](C)(C)C)cc([Si](C)(C)C)c4)cccc3[CH]2[Hf]([CH3])([CH3])[CH]2C1=Cc1c(-c3cc([Si](C)(C)C)cc([Si](C)(C)C)c3)cccc12. The predicted molar refractivity (Wildman–Crippen MR) is 260 cm³/mol. The van der Waals surface area contributed by atoms with Gasteiger partial charge in [-0.1, -0.05) is 0 Å². The average Bonchev–Trinajstić information content (AvgIpc) is 3.70. The number of hydrogen-bond donors (Lipinski definition) is 0. The molecule has 2 aliphatic carbocycles. The normalized spacial score (nSPS) is 21.7. The van der Waals surface area contributed by atoms with Crippen molar-refractivity contribution in [1.29, 1.82) is 0 Å². The van der Waals surface area contributed by atoms with Crippen molar-refractivity contribution in [2.75, 3.05) is 0 Å². The zero-order valence-electron chi connectivity index (χ0n) is 37.4. The number of fused-ring (bicyclic) bond motifs is 6. The molecule has 2 unspecified atom stereocenters. The van der Waals surface area contributed by atoms with Crippen molar-refractivity contribution in [3.05, 3.63) is 105 Å². The molecule has 0 N–H and O–H groups in total. The van der Waals surface area contributed by atoms with Crippen LogP contribution in [0.3, 0.4) is 0 Å². The Kier molecular flexibility index (Phi) is 10.5. The first-order valence-electron chi connectivity index (χ1n) is 21.4. The summed E-state index contributed by atoms with van der Waals surface area (Å²) >= 11 is -3.18. The van der Waals surface area contributed by atoms with Crippen LogP contribution in [0.15, 0.2) is 83.2 Å². The molecule has 1 fully saturated rings. The van der Waals surface area contributed by atoms with Crippen LogP contribution in [0.5, 0.6) is 0 Å². The van der Waals surface area contributed by atoms with E-state index in [9.17, 15) is 0 Å². The summed E-state index contributed by atoms with van der Waals surface area (Å²) in [6.45, 7) is 35.5. The van der Waals surface area contributed by atoms with E-state index in [1.54, 1.807) is 43.0 Å². The van der Waals surface area contributed by atoms with Gasteiger partial charge in [-0.3, -0.25) is 0 Å². The van der Waals surface area contributed by atoms with Crippen LogP contribution in [-0.2, 0) is 20.0 Å². The van der Waals surface area contributed by atoms with Crippen molar-refractivity contribution in [3.63, 3.8) is 0 Å². The second-order valence-corrected chi connectivity index (χ2v) is 64.4. The fourth-order valence-corrected chi connectivity index (χ4v) is 47.9. The molecule has 0 bridgehead atoms. The fourth-order valence-electron chi connectivity index (χ4n) is 10.3. The Labute approximate surface area is 345 Å². The van der Waals surface area contributed by atoms with Gasteiger partial charge in [0.05, 0.1) is 0 Å². The molecule has 4 aromatic carbocycles. The Morgan fingerprint density at radius 3 is 1.18 bits per heavy atom. The summed E-state index contributed by atoms with van der Waals surface area (Å²) in [7, 11) is -8.04.